The number of aliphatic hydroxyl groups is 1. The molecule has 0 heterocycles. The third-order valence-corrected chi connectivity index (χ3v) is 9.18. The summed E-state index contributed by atoms with van der Waals surface area (Å²) in [7, 11) is 0. The van der Waals surface area contributed by atoms with E-state index < -0.39 is 11.9 Å². The Hall–Kier alpha value is -0.601. The predicted octanol–water partition coefficient (Wildman–Crippen LogP) is 3.94. The summed E-state index contributed by atoms with van der Waals surface area (Å²) in [6.45, 7) is 14.0. The minimum atomic E-state index is -1.55. The van der Waals surface area contributed by atoms with Crippen molar-refractivity contribution in [2.45, 2.75) is 121 Å². The largest absolute Gasteiger partial charge is 0.545 e. The normalized spacial score (nSPS) is 11.6. The fraction of sp³-hybridized carbons (Fsp3) is 0.846. The molecule has 0 spiro atoms. The Morgan fingerprint density at radius 2 is 1.27 bits per heavy atom. The first-order valence-corrected chi connectivity index (χ1v) is 16.7. The van der Waals surface area contributed by atoms with E-state index in [-0.39, 0.29) is 39.3 Å². The number of carboxylic acids is 2. The van der Waals surface area contributed by atoms with Crippen molar-refractivity contribution in [2.75, 3.05) is 13.2 Å². The van der Waals surface area contributed by atoms with E-state index in [1.54, 1.807) is 8.87 Å². The molecule has 6 nitrogen and oxygen atoms in total. The van der Waals surface area contributed by atoms with Gasteiger partial charge in [-0.1, -0.05) is 52.9 Å². The van der Waals surface area contributed by atoms with Crippen LogP contribution in [-0.2, 0) is 14.3 Å². The van der Waals surface area contributed by atoms with Crippen LogP contribution in [0.1, 0.15) is 106 Å². The second-order valence-corrected chi connectivity index (χ2v) is 13.1. The van der Waals surface area contributed by atoms with Crippen molar-refractivity contribution in [1.82, 2.24) is 0 Å². The molecule has 0 fully saturated rings. The summed E-state index contributed by atoms with van der Waals surface area (Å²) in [5.41, 5.74) is -0.123. The molecule has 1 atom stereocenters. The van der Waals surface area contributed by atoms with Crippen LogP contribution < -0.4 is 10.2 Å². The van der Waals surface area contributed by atoms with E-state index in [0.29, 0.717) is 12.2 Å². The van der Waals surface area contributed by atoms with Gasteiger partial charge in [0.05, 0.1) is 24.6 Å². The first kappa shape index (κ1) is 37.0. The van der Waals surface area contributed by atoms with Crippen LogP contribution in [0.4, 0.5) is 0 Å². The van der Waals surface area contributed by atoms with Gasteiger partial charge in [0.25, 0.3) is 0 Å². The van der Waals surface area contributed by atoms with Gasteiger partial charge < -0.3 is 29.6 Å². The van der Waals surface area contributed by atoms with Crippen molar-refractivity contribution < 1.29 is 29.6 Å². The van der Waals surface area contributed by atoms with Crippen LogP contribution in [0.3, 0.4) is 0 Å². The quantitative estimate of drug-likeness (QED) is 0.150. The van der Waals surface area contributed by atoms with E-state index in [9.17, 15) is 24.9 Å². The van der Waals surface area contributed by atoms with Crippen LogP contribution in [0.25, 0.3) is 0 Å². The van der Waals surface area contributed by atoms with Crippen LogP contribution in [0, 0.1) is 5.41 Å². The molecule has 0 saturated heterocycles. The van der Waals surface area contributed by atoms with E-state index >= 15 is 0 Å². The Kier molecular flexibility index (Phi) is 31.0. The molecular weight excluding hydrogens is 527 g/mol. The number of unbranched alkanes of at least 4 members (excludes halogenated alkanes) is 7. The summed E-state index contributed by atoms with van der Waals surface area (Å²) in [6, 6.07) is 0. The van der Waals surface area contributed by atoms with E-state index in [1.165, 1.54) is 57.8 Å². The van der Waals surface area contributed by atoms with Gasteiger partial charge in [-0.2, -0.15) is 0 Å². The van der Waals surface area contributed by atoms with Crippen molar-refractivity contribution in [3.8, 4) is 0 Å². The summed E-state index contributed by atoms with van der Waals surface area (Å²) in [4.78, 5) is 18.8. The molecule has 194 valence electrons. The minimum absolute atomic E-state index is 0.123. The number of hydrogen-bond acceptors (Lipinski definition) is 6. The molecule has 0 aliphatic carbocycles. The maximum atomic E-state index is 9.41. The van der Waals surface area contributed by atoms with Crippen molar-refractivity contribution in [2.24, 2.45) is 5.41 Å². The molecule has 0 aliphatic heterocycles. The molecule has 1 N–H and O–H groups in total. The zero-order valence-corrected chi connectivity index (χ0v) is 25.0. The van der Waals surface area contributed by atoms with E-state index in [2.05, 4.69) is 20.8 Å². The monoisotopic (exact) mass is 578 g/mol. The molecule has 0 bridgehead atoms. The van der Waals surface area contributed by atoms with E-state index in [4.69, 9.17) is 4.74 Å². The fourth-order valence-electron chi connectivity index (χ4n) is 2.36. The number of ether oxygens (including phenoxy) is 1. The standard InChI is InChI=1S/C14H30O2.C4H4O4.2C4H9.Sn/c1-5-6-7-8-9-10-11-16-13(2)14(3,4)12-15;5-3(6)1-2-4(7)8;2*1-3-4-2;/h13,15H,5-12H2,1-4H3;1-2H,(H,5,6)(H,7,8);2*1,3-4H2,2H3;/q;;;;+2/p-2/b;2-1-;;;. The molecule has 0 rings (SSSR count). The van der Waals surface area contributed by atoms with Gasteiger partial charge in [0, 0.05) is 12.0 Å². The maximum Gasteiger partial charge on any atom is 0.0643 e. The van der Waals surface area contributed by atoms with Crippen LogP contribution in [0.2, 0.25) is 8.87 Å². The zero-order chi connectivity index (χ0) is 26.0. The molecule has 0 saturated carbocycles. The molecule has 0 aromatic heterocycles. The average molecular weight is 577 g/mol. The van der Waals surface area contributed by atoms with Crippen molar-refractivity contribution in [3.63, 3.8) is 0 Å². The van der Waals surface area contributed by atoms with Gasteiger partial charge in [-0.15, -0.1) is 0 Å². The average Bonchev–Trinajstić information content (AvgIpc) is 2.77. The second kappa shape index (κ2) is 27.6. The Balaban J connectivity index is -0.000000449. The van der Waals surface area contributed by atoms with Crippen LogP contribution in [-0.4, -0.2) is 57.5 Å². The van der Waals surface area contributed by atoms with Gasteiger partial charge in [-0.25, -0.2) is 0 Å². The molecular formula is C26H50O6Sn. The number of hydrogen-bond donors (Lipinski definition) is 1. The third kappa shape index (κ3) is 33.6. The molecule has 0 radical (unpaired) electrons. The Labute approximate surface area is 213 Å². The van der Waals surface area contributed by atoms with Crippen LogP contribution >= 0.6 is 0 Å². The summed E-state index contributed by atoms with van der Waals surface area (Å²) in [5, 5.41) is 28.0. The predicted molar refractivity (Wildman–Crippen MR) is 134 cm³/mol. The van der Waals surface area contributed by atoms with Crippen LogP contribution in [0.15, 0.2) is 12.2 Å². The summed E-state index contributed by atoms with van der Waals surface area (Å²) in [6.07, 6.45) is 14.5. The van der Waals surface area contributed by atoms with Gasteiger partial charge in [0.2, 0.25) is 0 Å². The SMILES string of the molecule is CCCCCCCCOC(C)C(C)(C)CO.CCC[CH2][Sn+2][CH2]CCC.O=C([O-])/C=C\C(=O)[O-]. The maximum absolute atomic E-state index is 9.41. The van der Waals surface area contributed by atoms with E-state index in [0.717, 1.165) is 13.0 Å². The first-order valence-electron chi connectivity index (χ1n) is 12.6. The summed E-state index contributed by atoms with van der Waals surface area (Å²) >= 11 is 0.149. The molecule has 7 heteroatoms. The molecule has 0 aromatic rings. The van der Waals surface area contributed by atoms with Gasteiger partial charge in [0.15, 0.2) is 0 Å². The molecule has 0 amide bonds. The zero-order valence-electron chi connectivity index (χ0n) is 22.1. The summed E-state index contributed by atoms with van der Waals surface area (Å²) < 4.78 is 8.99. The Morgan fingerprint density at radius 3 is 1.67 bits per heavy atom. The van der Waals surface area contributed by atoms with Gasteiger partial charge in [0.1, 0.15) is 0 Å². The third-order valence-electron chi connectivity index (χ3n) is 5.14. The van der Waals surface area contributed by atoms with Gasteiger partial charge in [-0.05, 0) is 25.5 Å². The molecule has 1 unspecified atom stereocenters. The topological polar surface area (TPSA) is 110 Å². The number of carbonyl (C=O) groups is 2. The number of aliphatic carboxylic acids is 2. The van der Waals surface area contributed by atoms with Crippen molar-refractivity contribution >= 4 is 33.1 Å². The number of rotatable bonds is 18. The number of carbonyl (C=O) groups excluding carboxylic acids is 2. The smallest absolute Gasteiger partial charge is 0.0643 e. The number of carboxylic acid groups (broad SMARTS) is 2. The van der Waals surface area contributed by atoms with Crippen molar-refractivity contribution in [3.05, 3.63) is 12.2 Å². The van der Waals surface area contributed by atoms with E-state index in [1.807, 2.05) is 20.8 Å². The van der Waals surface area contributed by atoms with Gasteiger partial charge in [-0.3, -0.25) is 0 Å². The van der Waals surface area contributed by atoms with Crippen LogP contribution in [0.5, 0.6) is 0 Å². The Morgan fingerprint density at radius 1 is 0.848 bits per heavy atom. The summed E-state index contributed by atoms with van der Waals surface area (Å²) in [5.74, 6) is -3.09. The van der Waals surface area contributed by atoms with Crippen molar-refractivity contribution in [1.29, 1.82) is 0 Å². The second-order valence-electron chi connectivity index (χ2n) is 8.86. The molecule has 0 aliphatic rings. The Bertz CT molecular complexity index is 444. The fourth-order valence-corrected chi connectivity index (χ4v) is 6.52. The minimum Gasteiger partial charge on any atom is -0.545 e. The molecule has 33 heavy (non-hydrogen) atoms. The van der Waals surface area contributed by atoms with Gasteiger partial charge >= 0.3 is 69.5 Å². The molecule has 0 aromatic carbocycles. The number of aliphatic hydroxyl groups excluding tert-OH is 1. The first-order chi connectivity index (χ1) is 15.6.